The van der Waals surface area contributed by atoms with Crippen LogP contribution in [0.5, 0.6) is 0 Å². The summed E-state index contributed by atoms with van der Waals surface area (Å²) in [6.45, 7) is 0. The Balaban J connectivity index is 1.30. The maximum absolute atomic E-state index is 6.63. The monoisotopic (exact) mass is 624 g/mol. The average molecular weight is 625 g/mol. The van der Waals surface area contributed by atoms with Crippen molar-refractivity contribution < 1.29 is 4.42 Å². The highest BCUT2D eigenvalue weighted by molar-refractivity contribution is 7.26. The number of fused-ring (bicyclic) bond motifs is 9. The zero-order chi connectivity index (χ0) is 30.2. The fraction of sp³-hybridized carbons (Fsp3) is 0. The molecule has 3 nitrogen and oxygen atoms in total. The van der Waals surface area contributed by atoms with E-state index in [9.17, 15) is 0 Å². The molecule has 10 rings (SSSR count). The van der Waals surface area contributed by atoms with Crippen LogP contribution in [-0.4, -0.2) is 4.98 Å². The molecule has 7 aromatic carbocycles. The molecule has 0 N–H and O–H groups in total. The molecule has 0 atom stereocenters. The Labute approximate surface area is 272 Å². The van der Waals surface area contributed by atoms with Gasteiger partial charge in [0.05, 0.1) is 5.69 Å². The van der Waals surface area contributed by atoms with E-state index in [0.29, 0.717) is 5.89 Å². The fourth-order valence-electron chi connectivity index (χ4n) is 6.73. The van der Waals surface area contributed by atoms with Crippen LogP contribution in [0.3, 0.4) is 0 Å². The van der Waals surface area contributed by atoms with Crippen LogP contribution in [0.15, 0.2) is 150 Å². The number of anilines is 3. The lowest BCUT2D eigenvalue weighted by molar-refractivity contribution is 0.623. The third kappa shape index (κ3) is 3.92. The summed E-state index contributed by atoms with van der Waals surface area (Å²) in [7, 11) is 0. The molecule has 0 radical (unpaired) electrons. The summed E-state index contributed by atoms with van der Waals surface area (Å²) in [5.74, 6) is 0.617. The van der Waals surface area contributed by atoms with E-state index in [1.165, 1.54) is 40.3 Å². The molecule has 46 heavy (non-hydrogen) atoms. The van der Waals surface area contributed by atoms with Crippen molar-refractivity contribution >= 4 is 102 Å². The normalized spacial score (nSPS) is 11.9. The predicted octanol–water partition coefficient (Wildman–Crippen LogP) is 12.9. The molecule has 0 aliphatic rings. The molecular formula is C41H24N2OS2. The zero-order valence-corrected chi connectivity index (χ0v) is 26.1. The first-order valence-corrected chi connectivity index (χ1v) is 16.9. The van der Waals surface area contributed by atoms with Crippen LogP contribution >= 0.6 is 22.7 Å². The van der Waals surface area contributed by atoms with Crippen molar-refractivity contribution in [2.75, 3.05) is 4.90 Å². The maximum atomic E-state index is 6.63. The Morgan fingerprint density at radius 1 is 0.478 bits per heavy atom. The second-order valence-corrected chi connectivity index (χ2v) is 13.7. The van der Waals surface area contributed by atoms with E-state index in [0.717, 1.165) is 44.5 Å². The fourth-order valence-corrected chi connectivity index (χ4v) is 8.90. The first-order valence-electron chi connectivity index (χ1n) is 15.3. The van der Waals surface area contributed by atoms with Crippen molar-refractivity contribution in [3.63, 3.8) is 0 Å². The molecule has 0 spiro atoms. The van der Waals surface area contributed by atoms with Gasteiger partial charge in [-0.1, -0.05) is 78.9 Å². The van der Waals surface area contributed by atoms with Gasteiger partial charge in [-0.05, 0) is 72.1 Å². The number of hydrogen-bond donors (Lipinski definition) is 0. The Kier molecular flexibility index (Phi) is 5.61. The summed E-state index contributed by atoms with van der Waals surface area (Å²) in [4.78, 5) is 7.57. The lowest BCUT2D eigenvalue weighted by Gasteiger charge is -2.26. The first kappa shape index (κ1) is 25.8. The van der Waals surface area contributed by atoms with Gasteiger partial charge in [-0.2, -0.15) is 0 Å². The summed E-state index contributed by atoms with van der Waals surface area (Å²) >= 11 is 3.68. The molecule has 0 bridgehead atoms. The second kappa shape index (κ2) is 10.0. The standard InChI is InChI=1S/C41H24N2OS2/c1-2-10-25(11-3-1)41-42-39-34(22-26-12-4-5-13-29(26)40(39)44-41)43(27-18-20-37-32(23-27)30-14-6-8-16-35(30)45-37)28-19-21-38-33(24-28)31-15-7-9-17-36(31)46-38/h1-24H. The van der Waals surface area contributed by atoms with Crippen molar-refractivity contribution in [3.05, 3.63) is 146 Å². The van der Waals surface area contributed by atoms with E-state index in [2.05, 4.69) is 132 Å². The number of aromatic nitrogens is 1. The molecule has 3 heterocycles. The van der Waals surface area contributed by atoms with Gasteiger partial charge in [0.1, 0.15) is 5.52 Å². The van der Waals surface area contributed by atoms with E-state index in [4.69, 9.17) is 9.40 Å². The Bertz CT molecular complexity index is 2660. The molecular weight excluding hydrogens is 601 g/mol. The van der Waals surface area contributed by atoms with Gasteiger partial charge in [0.2, 0.25) is 5.89 Å². The molecule has 0 saturated heterocycles. The van der Waals surface area contributed by atoms with Crippen molar-refractivity contribution in [3.8, 4) is 11.5 Å². The minimum Gasteiger partial charge on any atom is -0.435 e. The van der Waals surface area contributed by atoms with Crippen LogP contribution in [0.2, 0.25) is 0 Å². The summed E-state index contributed by atoms with van der Waals surface area (Å²) < 4.78 is 11.8. The number of rotatable bonds is 4. The van der Waals surface area contributed by atoms with Gasteiger partial charge < -0.3 is 9.32 Å². The quantitative estimate of drug-likeness (QED) is 0.195. The Morgan fingerprint density at radius 3 is 1.67 bits per heavy atom. The van der Waals surface area contributed by atoms with Crippen LogP contribution in [-0.2, 0) is 0 Å². The molecule has 10 aromatic rings. The smallest absolute Gasteiger partial charge is 0.227 e. The minimum atomic E-state index is 0.617. The largest absolute Gasteiger partial charge is 0.435 e. The molecule has 0 aliphatic carbocycles. The second-order valence-electron chi connectivity index (χ2n) is 11.6. The van der Waals surface area contributed by atoms with Crippen molar-refractivity contribution in [1.29, 1.82) is 0 Å². The van der Waals surface area contributed by atoms with E-state index < -0.39 is 0 Å². The minimum absolute atomic E-state index is 0.617. The van der Waals surface area contributed by atoms with Crippen molar-refractivity contribution in [2.45, 2.75) is 0 Å². The highest BCUT2D eigenvalue weighted by Crippen LogP contribution is 2.46. The van der Waals surface area contributed by atoms with Crippen molar-refractivity contribution in [2.24, 2.45) is 0 Å². The topological polar surface area (TPSA) is 29.3 Å². The van der Waals surface area contributed by atoms with Gasteiger partial charge in [0.25, 0.3) is 0 Å². The lowest BCUT2D eigenvalue weighted by Crippen LogP contribution is -2.10. The number of benzene rings is 7. The number of oxazole rings is 1. The van der Waals surface area contributed by atoms with Crippen LogP contribution in [0, 0.1) is 0 Å². The van der Waals surface area contributed by atoms with Crippen LogP contribution < -0.4 is 4.90 Å². The summed E-state index contributed by atoms with van der Waals surface area (Å²) in [5, 5.41) is 7.23. The van der Waals surface area contributed by atoms with Crippen LogP contribution in [0.4, 0.5) is 17.1 Å². The van der Waals surface area contributed by atoms with Crippen LogP contribution in [0.25, 0.3) is 73.7 Å². The summed E-state index contributed by atoms with van der Waals surface area (Å²) in [6.07, 6.45) is 0. The van der Waals surface area contributed by atoms with Gasteiger partial charge in [0, 0.05) is 62.7 Å². The highest BCUT2D eigenvalue weighted by Gasteiger charge is 2.23. The maximum Gasteiger partial charge on any atom is 0.227 e. The molecule has 0 unspecified atom stereocenters. The molecule has 216 valence electrons. The molecule has 0 amide bonds. The van der Waals surface area contributed by atoms with Gasteiger partial charge in [-0.15, -0.1) is 22.7 Å². The van der Waals surface area contributed by atoms with Gasteiger partial charge in [-0.3, -0.25) is 0 Å². The number of hydrogen-bond acceptors (Lipinski definition) is 5. The third-order valence-corrected chi connectivity index (χ3v) is 11.2. The molecule has 0 aliphatic heterocycles. The molecule has 0 saturated carbocycles. The zero-order valence-electron chi connectivity index (χ0n) is 24.5. The summed E-state index contributed by atoms with van der Waals surface area (Å²) in [5.41, 5.74) is 5.73. The van der Waals surface area contributed by atoms with Gasteiger partial charge in [-0.25, -0.2) is 4.98 Å². The Morgan fingerprint density at radius 2 is 1.02 bits per heavy atom. The SMILES string of the molecule is c1ccc(-c2nc3c(N(c4ccc5sc6ccccc6c5c4)c4ccc5sc6ccccc6c5c4)cc4ccccc4c3o2)cc1. The van der Waals surface area contributed by atoms with E-state index in [1.807, 2.05) is 40.9 Å². The third-order valence-electron chi connectivity index (χ3n) is 8.87. The molecule has 5 heteroatoms. The van der Waals surface area contributed by atoms with E-state index in [-0.39, 0.29) is 0 Å². The number of thiophene rings is 2. The predicted molar refractivity (Wildman–Crippen MR) is 197 cm³/mol. The van der Waals surface area contributed by atoms with Gasteiger partial charge in [0.15, 0.2) is 5.58 Å². The molecule has 0 fully saturated rings. The molecule has 3 aromatic heterocycles. The lowest BCUT2D eigenvalue weighted by atomic mass is 10.0. The first-order chi connectivity index (χ1) is 22.8. The average Bonchev–Trinajstić information content (AvgIpc) is 3.83. The van der Waals surface area contributed by atoms with E-state index >= 15 is 0 Å². The highest BCUT2D eigenvalue weighted by atomic mass is 32.1. The van der Waals surface area contributed by atoms with Crippen molar-refractivity contribution in [1.82, 2.24) is 4.98 Å². The van der Waals surface area contributed by atoms with E-state index in [1.54, 1.807) is 0 Å². The summed E-state index contributed by atoms with van der Waals surface area (Å²) in [6, 6.07) is 51.9. The Hall–Kier alpha value is -5.49. The van der Waals surface area contributed by atoms with Gasteiger partial charge >= 0.3 is 0 Å². The number of nitrogens with zero attached hydrogens (tertiary/aromatic N) is 2. The van der Waals surface area contributed by atoms with Crippen LogP contribution in [0.1, 0.15) is 0 Å².